The van der Waals surface area contributed by atoms with Crippen LogP contribution < -0.4 is 10.1 Å². The highest BCUT2D eigenvalue weighted by Gasteiger charge is 2.19. The molecule has 0 aliphatic carbocycles. The lowest BCUT2D eigenvalue weighted by atomic mass is 10.2. The first-order valence-corrected chi connectivity index (χ1v) is 9.77. The van der Waals surface area contributed by atoms with Gasteiger partial charge in [-0.3, -0.25) is 4.79 Å². The standard InChI is InChI=1S/C22H16BrFN4O2/c1-30-19-12-8-17(9-13-19)25-22(29)20-26-21(14-2-6-16(24)7-3-14)28(27-20)18-10-4-15(23)5-11-18/h2-13H,1H3,(H,25,29). The zero-order valence-corrected chi connectivity index (χ0v) is 17.4. The second kappa shape index (κ2) is 8.46. The van der Waals surface area contributed by atoms with Gasteiger partial charge >= 0.3 is 0 Å². The molecule has 0 saturated heterocycles. The van der Waals surface area contributed by atoms with E-state index in [0.717, 1.165) is 4.47 Å². The lowest BCUT2D eigenvalue weighted by molar-refractivity contribution is 0.101. The van der Waals surface area contributed by atoms with Crippen LogP contribution in [0.25, 0.3) is 17.1 Å². The van der Waals surface area contributed by atoms with E-state index >= 15 is 0 Å². The maximum Gasteiger partial charge on any atom is 0.295 e. The fraction of sp³-hybridized carbons (Fsp3) is 0.0455. The van der Waals surface area contributed by atoms with Gasteiger partial charge in [0.05, 0.1) is 12.8 Å². The third kappa shape index (κ3) is 4.23. The molecular formula is C22H16BrFN4O2. The van der Waals surface area contributed by atoms with Crippen LogP contribution in [0, 0.1) is 5.82 Å². The van der Waals surface area contributed by atoms with Crippen molar-refractivity contribution in [1.82, 2.24) is 14.8 Å². The molecule has 1 amide bonds. The number of nitrogens with one attached hydrogen (secondary N) is 1. The summed E-state index contributed by atoms with van der Waals surface area (Å²) in [4.78, 5) is 17.2. The summed E-state index contributed by atoms with van der Waals surface area (Å²) >= 11 is 3.41. The molecule has 0 aliphatic heterocycles. The number of amides is 1. The van der Waals surface area contributed by atoms with Crippen LogP contribution in [0.3, 0.4) is 0 Å². The molecule has 0 saturated carbocycles. The average molecular weight is 467 g/mol. The molecule has 8 heteroatoms. The largest absolute Gasteiger partial charge is 0.497 e. The van der Waals surface area contributed by atoms with Gasteiger partial charge in [-0.25, -0.2) is 14.1 Å². The van der Waals surface area contributed by atoms with Gasteiger partial charge in [0, 0.05) is 15.7 Å². The summed E-state index contributed by atoms with van der Waals surface area (Å²) in [5.74, 6) is 0.292. The zero-order chi connectivity index (χ0) is 21.1. The van der Waals surface area contributed by atoms with Gasteiger partial charge in [0.15, 0.2) is 5.82 Å². The van der Waals surface area contributed by atoms with Gasteiger partial charge in [-0.1, -0.05) is 15.9 Å². The number of carbonyl (C=O) groups is 1. The number of nitrogens with zero attached hydrogens (tertiary/aromatic N) is 3. The van der Waals surface area contributed by atoms with E-state index in [-0.39, 0.29) is 11.6 Å². The quantitative estimate of drug-likeness (QED) is 0.444. The molecule has 1 N–H and O–H groups in total. The number of halogens is 2. The zero-order valence-electron chi connectivity index (χ0n) is 15.8. The molecule has 1 heterocycles. The number of rotatable bonds is 5. The van der Waals surface area contributed by atoms with Crippen LogP contribution in [-0.2, 0) is 0 Å². The number of benzene rings is 3. The Morgan fingerprint density at radius 3 is 2.30 bits per heavy atom. The van der Waals surface area contributed by atoms with Crippen LogP contribution in [-0.4, -0.2) is 27.8 Å². The first-order valence-electron chi connectivity index (χ1n) is 8.98. The molecule has 30 heavy (non-hydrogen) atoms. The Morgan fingerprint density at radius 1 is 1.00 bits per heavy atom. The van der Waals surface area contributed by atoms with Gasteiger partial charge < -0.3 is 10.1 Å². The van der Waals surface area contributed by atoms with Crippen LogP contribution in [0.15, 0.2) is 77.3 Å². The summed E-state index contributed by atoms with van der Waals surface area (Å²) < 4.78 is 21.0. The van der Waals surface area contributed by atoms with Crippen molar-refractivity contribution in [3.8, 4) is 22.8 Å². The number of hydrogen-bond donors (Lipinski definition) is 1. The molecule has 6 nitrogen and oxygen atoms in total. The molecule has 3 aromatic carbocycles. The Balaban J connectivity index is 1.71. The SMILES string of the molecule is COc1ccc(NC(=O)c2nc(-c3ccc(F)cc3)n(-c3ccc(Br)cc3)n2)cc1. The first kappa shape index (κ1) is 19.8. The van der Waals surface area contributed by atoms with Crippen molar-refractivity contribution in [2.24, 2.45) is 0 Å². The monoisotopic (exact) mass is 466 g/mol. The van der Waals surface area contributed by atoms with Gasteiger partial charge in [0.2, 0.25) is 5.82 Å². The van der Waals surface area contributed by atoms with Gasteiger partial charge in [-0.15, -0.1) is 5.10 Å². The molecular weight excluding hydrogens is 451 g/mol. The number of anilines is 1. The van der Waals surface area contributed by atoms with E-state index in [9.17, 15) is 9.18 Å². The Bertz CT molecular complexity index is 1110. The molecule has 0 atom stereocenters. The van der Waals surface area contributed by atoms with Gasteiger partial charge in [-0.05, 0) is 72.8 Å². The topological polar surface area (TPSA) is 69.0 Å². The maximum atomic E-state index is 13.4. The third-order valence-corrected chi connectivity index (χ3v) is 4.86. The fourth-order valence-corrected chi connectivity index (χ4v) is 3.08. The number of methoxy groups -OCH3 is 1. The lowest BCUT2D eigenvalue weighted by Gasteiger charge is -2.06. The molecule has 4 aromatic rings. The Kier molecular flexibility index (Phi) is 5.58. The van der Waals surface area contributed by atoms with Crippen molar-refractivity contribution < 1.29 is 13.9 Å². The van der Waals surface area contributed by atoms with Crippen molar-refractivity contribution in [2.75, 3.05) is 12.4 Å². The maximum absolute atomic E-state index is 13.4. The van der Waals surface area contributed by atoms with Crippen molar-refractivity contribution in [2.45, 2.75) is 0 Å². The van der Waals surface area contributed by atoms with Crippen LogP contribution in [0.1, 0.15) is 10.6 Å². The number of ether oxygens (including phenoxy) is 1. The highest BCUT2D eigenvalue weighted by atomic mass is 79.9. The fourth-order valence-electron chi connectivity index (χ4n) is 2.82. The van der Waals surface area contributed by atoms with Crippen molar-refractivity contribution in [1.29, 1.82) is 0 Å². The van der Waals surface area contributed by atoms with Gasteiger partial charge in [0.1, 0.15) is 11.6 Å². The predicted molar refractivity (Wildman–Crippen MR) is 115 cm³/mol. The third-order valence-electron chi connectivity index (χ3n) is 4.33. The van der Waals surface area contributed by atoms with E-state index < -0.39 is 5.91 Å². The summed E-state index contributed by atoms with van der Waals surface area (Å²) in [6, 6.07) is 20.2. The molecule has 4 rings (SSSR count). The first-order chi connectivity index (χ1) is 14.5. The summed E-state index contributed by atoms with van der Waals surface area (Å²) in [6.07, 6.45) is 0. The molecule has 150 valence electrons. The number of carbonyl (C=O) groups excluding carboxylic acids is 1. The van der Waals surface area contributed by atoms with Crippen molar-refractivity contribution >= 4 is 27.5 Å². The average Bonchev–Trinajstić information content (AvgIpc) is 3.21. The number of aromatic nitrogens is 3. The minimum atomic E-state index is -0.459. The summed E-state index contributed by atoms with van der Waals surface area (Å²) in [6.45, 7) is 0. The predicted octanol–water partition coefficient (Wildman–Crippen LogP) is 5.10. The van der Waals surface area contributed by atoms with E-state index in [1.165, 1.54) is 12.1 Å². The van der Waals surface area contributed by atoms with E-state index in [4.69, 9.17) is 4.74 Å². The molecule has 0 spiro atoms. The van der Waals surface area contributed by atoms with E-state index in [1.807, 2.05) is 24.3 Å². The second-order valence-electron chi connectivity index (χ2n) is 6.34. The van der Waals surface area contributed by atoms with Crippen molar-refractivity contribution in [3.05, 3.63) is 88.9 Å². The van der Waals surface area contributed by atoms with Crippen LogP contribution in [0.5, 0.6) is 5.75 Å². The van der Waals surface area contributed by atoms with E-state index in [2.05, 4.69) is 31.3 Å². The molecule has 0 aliphatic rings. The molecule has 0 bridgehead atoms. The van der Waals surface area contributed by atoms with E-state index in [1.54, 1.807) is 48.2 Å². The minimum absolute atomic E-state index is 0.00642. The normalized spacial score (nSPS) is 10.6. The van der Waals surface area contributed by atoms with Crippen LogP contribution in [0.2, 0.25) is 0 Å². The lowest BCUT2D eigenvalue weighted by Crippen LogP contribution is -2.14. The Morgan fingerprint density at radius 2 is 1.67 bits per heavy atom. The second-order valence-corrected chi connectivity index (χ2v) is 7.25. The van der Waals surface area contributed by atoms with Crippen LogP contribution in [0.4, 0.5) is 10.1 Å². The molecule has 0 radical (unpaired) electrons. The summed E-state index contributed by atoms with van der Waals surface area (Å²) in [5.41, 5.74) is 1.94. The van der Waals surface area contributed by atoms with E-state index in [0.29, 0.717) is 28.5 Å². The molecule has 0 fully saturated rings. The number of hydrogen-bond acceptors (Lipinski definition) is 4. The van der Waals surface area contributed by atoms with Gasteiger partial charge in [-0.2, -0.15) is 0 Å². The minimum Gasteiger partial charge on any atom is -0.497 e. The van der Waals surface area contributed by atoms with Gasteiger partial charge in [0.25, 0.3) is 5.91 Å². The Hall–Kier alpha value is -3.52. The highest BCUT2D eigenvalue weighted by Crippen LogP contribution is 2.23. The Labute approximate surface area is 180 Å². The smallest absolute Gasteiger partial charge is 0.295 e. The molecule has 0 unspecified atom stereocenters. The van der Waals surface area contributed by atoms with Crippen molar-refractivity contribution in [3.63, 3.8) is 0 Å². The molecule has 1 aromatic heterocycles. The highest BCUT2D eigenvalue weighted by molar-refractivity contribution is 9.10. The summed E-state index contributed by atoms with van der Waals surface area (Å²) in [7, 11) is 1.57. The summed E-state index contributed by atoms with van der Waals surface area (Å²) in [5, 5.41) is 7.17. The van der Waals surface area contributed by atoms with Crippen LogP contribution >= 0.6 is 15.9 Å².